The molecule has 1 aromatic carbocycles. The summed E-state index contributed by atoms with van der Waals surface area (Å²) in [6, 6.07) is 10.3. The molecule has 1 aliphatic carbocycles. The maximum atomic E-state index is 12.1. The van der Waals surface area contributed by atoms with Crippen molar-refractivity contribution in [1.29, 1.82) is 0 Å². The number of carbonyl (C=O) groups excluding carboxylic acids is 1. The fourth-order valence-electron chi connectivity index (χ4n) is 3.01. The van der Waals surface area contributed by atoms with E-state index in [1.54, 1.807) is 0 Å². The lowest BCUT2D eigenvalue weighted by atomic mass is 9.86. The third-order valence-corrected chi connectivity index (χ3v) is 4.06. The van der Waals surface area contributed by atoms with Crippen molar-refractivity contribution in [1.82, 2.24) is 9.97 Å². The van der Waals surface area contributed by atoms with Crippen LogP contribution in [0.1, 0.15) is 40.7 Å². The molecule has 114 valence electrons. The summed E-state index contributed by atoms with van der Waals surface area (Å²) < 4.78 is 0. The van der Waals surface area contributed by atoms with Crippen LogP contribution >= 0.6 is 0 Å². The van der Waals surface area contributed by atoms with Crippen LogP contribution in [0.25, 0.3) is 0 Å². The van der Waals surface area contributed by atoms with E-state index in [0.29, 0.717) is 18.3 Å². The van der Waals surface area contributed by atoms with Crippen LogP contribution < -0.4 is 5.32 Å². The van der Waals surface area contributed by atoms with Gasteiger partial charge in [0.1, 0.15) is 0 Å². The minimum atomic E-state index is 0.182. The largest absolute Gasteiger partial charge is 0.354 e. The lowest BCUT2D eigenvalue weighted by Gasteiger charge is -2.21. The molecular weight excluding hydrogens is 274 g/mol. The first-order valence-corrected chi connectivity index (χ1v) is 7.82. The van der Waals surface area contributed by atoms with Gasteiger partial charge in [0.05, 0.1) is 17.0 Å². The number of benzene rings is 1. The third-order valence-electron chi connectivity index (χ3n) is 4.06. The van der Waals surface area contributed by atoms with Crippen molar-refractivity contribution in [2.24, 2.45) is 5.92 Å². The molecule has 3 rings (SSSR count). The van der Waals surface area contributed by atoms with Gasteiger partial charge in [-0.1, -0.05) is 37.3 Å². The standard InChI is InChI=1S/C18H21N3O/c1-12-10-15-17(16(22)11-12)13(2)20-18(21-15)19-9-8-14-6-4-3-5-7-14/h3-7,12H,8-11H2,1-2H3,(H,19,20,21). The molecule has 0 bridgehead atoms. The molecule has 1 unspecified atom stereocenters. The summed E-state index contributed by atoms with van der Waals surface area (Å²) >= 11 is 0. The van der Waals surface area contributed by atoms with E-state index in [1.807, 2.05) is 25.1 Å². The highest BCUT2D eigenvalue weighted by molar-refractivity contribution is 5.99. The van der Waals surface area contributed by atoms with Crippen LogP contribution in [-0.4, -0.2) is 22.3 Å². The number of hydrogen-bond acceptors (Lipinski definition) is 4. The fourth-order valence-corrected chi connectivity index (χ4v) is 3.01. The molecule has 0 aliphatic heterocycles. The molecule has 22 heavy (non-hydrogen) atoms. The maximum absolute atomic E-state index is 12.1. The van der Waals surface area contributed by atoms with Crippen molar-refractivity contribution in [3.63, 3.8) is 0 Å². The predicted octanol–water partition coefficient (Wildman–Crippen LogP) is 3.20. The molecule has 0 radical (unpaired) electrons. The molecule has 1 N–H and O–H groups in total. The molecule has 1 heterocycles. The predicted molar refractivity (Wildman–Crippen MR) is 87.2 cm³/mol. The van der Waals surface area contributed by atoms with Crippen molar-refractivity contribution >= 4 is 11.7 Å². The first kappa shape index (κ1) is 14.7. The zero-order valence-electron chi connectivity index (χ0n) is 13.1. The highest BCUT2D eigenvalue weighted by Crippen LogP contribution is 2.26. The fraction of sp³-hybridized carbons (Fsp3) is 0.389. The number of fused-ring (bicyclic) bond motifs is 1. The van der Waals surface area contributed by atoms with Gasteiger partial charge in [0.2, 0.25) is 5.95 Å². The van der Waals surface area contributed by atoms with Gasteiger partial charge in [-0.15, -0.1) is 0 Å². The third kappa shape index (κ3) is 3.16. The highest BCUT2D eigenvalue weighted by atomic mass is 16.1. The van der Waals surface area contributed by atoms with Gasteiger partial charge >= 0.3 is 0 Å². The number of nitrogens with zero attached hydrogens (tertiary/aromatic N) is 2. The second kappa shape index (κ2) is 6.26. The van der Waals surface area contributed by atoms with Gasteiger partial charge in [0, 0.05) is 13.0 Å². The van der Waals surface area contributed by atoms with E-state index in [0.717, 1.165) is 36.3 Å². The lowest BCUT2D eigenvalue weighted by Crippen LogP contribution is -2.22. The number of Topliss-reactive ketones (excluding diaryl/α,β-unsaturated/α-hetero) is 1. The maximum Gasteiger partial charge on any atom is 0.223 e. The Hall–Kier alpha value is -2.23. The molecule has 0 fully saturated rings. The van der Waals surface area contributed by atoms with E-state index in [-0.39, 0.29) is 5.78 Å². The van der Waals surface area contributed by atoms with Crippen molar-refractivity contribution in [3.05, 3.63) is 52.8 Å². The Balaban J connectivity index is 1.71. The van der Waals surface area contributed by atoms with Crippen LogP contribution in [0.5, 0.6) is 0 Å². The lowest BCUT2D eigenvalue weighted by molar-refractivity contribution is 0.0951. The van der Waals surface area contributed by atoms with E-state index < -0.39 is 0 Å². The van der Waals surface area contributed by atoms with E-state index in [1.165, 1.54) is 5.56 Å². The summed E-state index contributed by atoms with van der Waals surface area (Å²) in [5.41, 5.74) is 3.72. The molecule has 0 saturated heterocycles. The summed E-state index contributed by atoms with van der Waals surface area (Å²) in [6.45, 7) is 4.78. The van der Waals surface area contributed by atoms with Crippen LogP contribution in [0.3, 0.4) is 0 Å². The topological polar surface area (TPSA) is 54.9 Å². The van der Waals surface area contributed by atoms with Crippen molar-refractivity contribution < 1.29 is 4.79 Å². The summed E-state index contributed by atoms with van der Waals surface area (Å²) in [6.07, 6.45) is 2.39. The van der Waals surface area contributed by atoms with Gasteiger partial charge < -0.3 is 5.32 Å². The zero-order chi connectivity index (χ0) is 15.5. The van der Waals surface area contributed by atoms with Gasteiger partial charge in [-0.3, -0.25) is 4.79 Å². The zero-order valence-corrected chi connectivity index (χ0v) is 13.1. The number of carbonyl (C=O) groups is 1. The first-order valence-electron chi connectivity index (χ1n) is 7.82. The normalized spacial score (nSPS) is 17.2. The van der Waals surface area contributed by atoms with Crippen LogP contribution in [0.2, 0.25) is 0 Å². The molecule has 4 heteroatoms. The number of ketones is 1. The van der Waals surface area contributed by atoms with Crippen LogP contribution in [0, 0.1) is 12.8 Å². The minimum Gasteiger partial charge on any atom is -0.354 e. The molecule has 0 amide bonds. The van der Waals surface area contributed by atoms with Gasteiger partial charge in [-0.05, 0) is 31.2 Å². The SMILES string of the molecule is Cc1nc(NCCc2ccccc2)nc2c1C(=O)CC(C)C2. The van der Waals surface area contributed by atoms with Crippen LogP contribution in [-0.2, 0) is 12.8 Å². The number of anilines is 1. The Morgan fingerprint density at radius 2 is 1.95 bits per heavy atom. The second-order valence-corrected chi connectivity index (χ2v) is 6.05. The van der Waals surface area contributed by atoms with Gasteiger partial charge in [0.15, 0.2) is 5.78 Å². The van der Waals surface area contributed by atoms with Crippen molar-refractivity contribution in [2.75, 3.05) is 11.9 Å². The monoisotopic (exact) mass is 295 g/mol. The Bertz CT molecular complexity index is 682. The van der Waals surface area contributed by atoms with Crippen molar-refractivity contribution in [3.8, 4) is 0 Å². The van der Waals surface area contributed by atoms with E-state index in [4.69, 9.17) is 0 Å². The first-order chi connectivity index (χ1) is 10.6. The Morgan fingerprint density at radius 1 is 1.18 bits per heavy atom. The van der Waals surface area contributed by atoms with Gasteiger partial charge in [0.25, 0.3) is 0 Å². The van der Waals surface area contributed by atoms with Gasteiger partial charge in [-0.25, -0.2) is 9.97 Å². The average Bonchev–Trinajstić information content (AvgIpc) is 2.47. The van der Waals surface area contributed by atoms with Gasteiger partial charge in [-0.2, -0.15) is 0 Å². The van der Waals surface area contributed by atoms with E-state index in [2.05, 4.69) is 34.3 Å². The molecule has 1 atom stereocenters. The smallest absolute Gasteiger partial charge is 0.223 e. The minimum absolute atomic E-state index is 0.182. The quantitative estimate of drug-likeness (QED) is 0.941. The molecule has 2 aromatic rings. The van der Waals surface area contributed by atoms with E-state index in [9.17, 15) is 4.79 Å². The second-order valence-electron chi connectivity index (χ2n) is 6.05. The van der Waals surface area contributed by atoms with Crippen LogP contribution in [0.15, 0.2) is 30.3 Å². The summed E-state index contributed by atoms with van der Waals surface area (Å²) in [5.74, 6) is 1.18. The van der Waals surface area contributed by atoms with Crippen LogP contribution in [0.4, 0.5) is 5.95 Å². The molecular formula is C18H21N3O. The Labute approximate surface area is 131 Å². The van der Waals surface area contributed by atoms with E-state index >= 15 is 0 Å². The molecule has 0 spiro atoms. The summed E-state index contributed by atoms with van der Waals surface area (Å²) in [5, 5.41) is 3.28. The number of rotatable bonds is 4. The molecule has 4 nitrogen and oxygen atoms in total. The molecule has 1 aliphatic rings. The number of nitrogens with one attached hydrogen (secondary N) is 1. The Morgan fingerprint density at radius 3 is 2.73 bits per heavy atom. The number of aromatic nitrogens is 2. The highest BCUT2D eigenvalue weighted by Gasteiger charge is 2.26. The summed E-state index contributed by atoms with van der Waals surface area (Å²) in [4.78, 5) is 21.1. The van der Waals surface area contributed by atoms with Crippen molar-refractivity contribution in [2.45, 2.75) is 33.1 Å². The Kier molecular flexibility index (Phi) is 4.18. The number of hydrogen-bond donors (Lipinski definition) is 1. The average molecular weight is 295 g/mol. The molecule has 0 saturated carbocycles. The summed E-state index contributed by atoms with van der Waals surface area (Å²) in [7, 11) is 0. The number of aryl methyl sites for hydroxylation is 1. The molecule has 1 aromatic heterocycles.